The van der Waals surface area contributed by atoms with Crippen LogP contribution in [0.25, 0.3) is 0 Å². The summed E-state index contributed by atoms with van der Waals surface area (Å²) in [6.45, 7) is 1.02. The standard InChI is InChI=1S/C20H16ClN3O3/c21-14-1-3-15(4-2-14)23-17-9-13(11-22-12-17)20(25)24-16-5-6-18-19(10-16)27-8-7-26-18/h1-6,9-12,23H,7-8H2,(H,24,25). The van der Waals surface area contributed by atoms with Crippen LogP contribution in [0.2, 0.25) is 5.02 Å². The molecule has 0 atom stereocenters. The molecule has 4 rings (SSSR count). The second kappa shape index (κ2) is 7.55. The molecule has 0 bridgehead atoms. The van der Waals surface area contributed by atoms with Crippen LogP contribution in [-0.2, 0) is 0 Å². The van der Waals surface area contributed by atoms with Gasteiger partial charge in [-0.3, -0.25) is 9.78 Å². The normalized spacial score (nSPS) is 12.3. The van der Waals surface area contributed by atoms with Crippen LogP contribution in [-0.4, -0.2) is 24.1 Å². The summed E-state index contributed by atoms with van der Waals surface area (Å²) >= 11 is 5.89. The highest BCUT2D eigenvalue weighted by atomic mass is 35.5. The van der Waals surface area contributed by atoms with Crippen LogP contribution in [0, 0.1) is 0 Å². The molecule has 1 amide bonds. The maximum absolute atomic E-state index is 12.6. The van der Waals surface area contributed by atoms with Crippen molar-refractivity contribution in [2.24, 2.45) is 0 Å². The van der Waals surface area contributed by atoms with Gasteiger partial charge in [-0.15, -0.1) is 0 Å². The summed E-state index contributed by atoms with van der Waals surface area (Å²) in [5.41, 5.74) is 2.61. The fourth-order valence-electron chi connectivity index (χ4n) is 2.66. The largest absolute Gasteiger partial charge is 0.486 e. The maximum Gasteiger partial charge on any atom is 0.257 e. The number of fused-ring (bicyclic) bond motifs is 1. The average Bonchev–Trinajstić information content (AvgIpc) is 2.70. The summed E-state index contributed by atoms with van der Waals surface area (Å²) in [6, 6.07) is 14.3. The first kappa shape index (κ1) is 17.2. The van der Waals surface area contributed by atoms with E-state index in [0.29, 0.717) is 46.7 Å². The number of hydrogen-bond acceptors (Lipinski definition) is 5. The van der Waals surface area contributed by atoms with Crippen molar-refractivity contribution in [3.05, 3.63) is 71.5 Å². The molecule has 7 heteroatoms. The zero-order chi connectivity index (χ0) is 18.6. The first-order chi connectivity index (χ1) is 13.2. The zero-order valence-electron chi connectivity index (χ0n) is 14.2. The molecule has 2 heterocycles. The smallest absolute Gasteiger partial charge is 0.257 e. The summed E-state index contributed by atoms with van der Waals surface area (Å²) in [5, 5.41) is 6.70. The van der Waals surface area contributed by atoms with Gasteiger partial charge in [-0.05, 0) is 42.5 Å². The number of pyridine rings is 1. The number of anilines is 3. The van der Waals surface area contributed by atoms with E-state index < -0.39 is 0 Å². The molecule has 3 aromatic rings. The Bertz CT molecular complexity index is 976. The minimum atomic E-state index is -0.265. The highest BCUT2D eigenvalue weighted by Crippen LogP contribution is 2.32. The van der Waals surface area contributed by atoms with E-state index in [2.05, 4.69) is 15.6 Å². The fourth-order valence-corrected chi connectivity index (χ4v) is 2.78. The number of benzene rings is 2. The number of hydrogen-bond donors (Lipinski definition) is 2. The SMILES string of the molecule is O=C(Nc1ccc2c(c1)OCCO2)c1cncc(Nc2ccc(Cl)cc2)c1. The second-order valence-corrected chi connectivity index (χ2v) is 6.34. The van der Waals surface area contributed by atoms with Crippen LogP contribution in [0.4, 0.5) is 17.1 Å². The van der Waals surface area contributed by atoms with Crippen molar-refractivity contribution in [2.45, 2.75) is 0 Å². The van der Waals surface area contributed by atoms with Gasteiger partial charge in [-0.1, -0.05) is 11.6 Å². The summed E-state index contributed by atoms with van der Waals surface area (Å²) in [4.78, 5) is 16.7. The molecule has 0 spiro atoms. The molecule has 0 radical (unpaired) electrons. The Labute approximate surface area is 161 Å². The number of carbonyl (C=O) groups excluding carboxylic acids is 1. The Morgan fingerprint density at radius 1 is 0.889 bits per heavy atom. The summed E-state index contributed by atoms with van der Waals surface area (Å²) in [5.74, 6) is 1.03. The number of aromatic nitrogens is 1. The molecule has 2 aromatic carbocycles. The molecule has 0 aliphatic carbocycles. The summed E-state index contributed by atoms with van der Waals surface area (Å²) in [7, 11) is 0. The van der Waals surface area contributed by atoms with Crippen molar-refractivity contribution in [3.8, 4) is 11.5 Å². The first-order valence-electron chi connectivity index (χ1n) is 8.36. The highest BCUT2D eigenvalue weighted by Gasteiger charge is 2.14. The molecular formula is C20H16ClN3O3. The minimum absolute atomic E-state index is 0.265. The lowest BCUT2D eigenvalue weighted by atomic mass is 10.2. The molecule has 136 valence electrons. The monoisotopic (exact) mass is 381 g/mol. The molecule has 2 N–H and O–H groups in total. The molecule has 0 saturated carbocycles. The summed E-state index contributed by atoms with van der Waals surface area (Å²) < 4.78 is 11.0. The Hall–Kier alpha value is -3.25. The van der Waals surface area contributed by atoms with Crippen molar-refractivity contribution in [1.82, 2.24) is 4.98 Å². The number of ether oxygens (including phenoxy) is 2. The third-order valence-electron chi connectivity index (χ3n) is 3.93. The molecule has 1 aromatic heterocycles. The molecule has 27 heavy (non-hydrogen) atoms. The number of halogens is 1. The van der Waals surface area contributed by atoms with Crippen LogP contribution in [0.15, 0.2) is 60.9 Å². The third kappa shape index (κ3) is 4.12. The Kier molecular flexibility index (Phi) is 4.80. The lowest BCUT2D eigenvalue weighted by Crippen LogP contribution is -2.16. The van der Waals surface area contributed by atoms with Gasteiger partial charge in [0, 0.05) is 28.7 Å². The molecule has 1 aliphatic rings. The number of carbonyl (C=O) groups is 1. The van der Waals surface area contributed by atoms with Gasteiger partial charge in [0.05, 0.1) is 17.4 Å². The Balaban J connectivity index is 1.48. The lowest BCUT2D eigenvalue weighted by molar-refractivity contribution is 0.102. The van der Waals surface area contributed by atoms with E-state index in [-0.39, 0.29) is 5.91 Å². The van der Waals surface area contributed by atoms with E-state index >= 15 is 0 Å². The predicted octanol–water partition coefficient (Wildman–Crippen LogP) is 4.50. The Morgan fingerprint density at radius 2 is 1.63 bits per heavy atom. The molecule has 1 aliphatic heterocycles. The van der Waals surface area contributed by atoms with Gasteiger partial charge in [0.25, 0.3) is 5.91 Å². The van der Waals surface area contributed by atoms with E-state index in [1.54, 1.807) is 42.6 Å². The number of amides is 1. The van der Waals surface area contributed by atoms with Crippen LogP contribution in [0.5, 0.6) is 11.5 Å². The van der Waals surface area contributed by atoms with E-state index in [9.17, 15) is 4.79 Å². The van der Waals surface area contributed by atoms with Gasteiger partial charge in [0.15, 0.2) is 11.5 Å². The molecular weight excluding hydrogens is 366 g/mol. The zero-order valence-corrected chi connectivity index (χ0v) is 15.0. The molecule has 6 nitrogen and oxygen atoms in total. The van der Waals surface area contributed by atoms with Crippen molar-refractivity contribution >= 4 is 34.6 Å². The average molecular weight is 382 g/mol. The van der Waals surface area contributed by atoms with E-state index in [4.69, 9.17) is 21.1 Å². The maximum atomic E-state index is 12.6. The third-order valence-corrected chi connectivity index (χ3v) is 4.19. The van der Waals surface area contributed by atoms with Crippen LogP contribution in [0.1, 0.15) is 10.4 Å². The molecule has 0 unspecified atom stereocenters. The quantitative estimate of drug-likeness (QED) is 0.696. The van der Waals surface area contributed by atoms with Gasteiger partial charge in [0.1, 0.15) is 13.2 Å². The van der Waals surface area contributed by atoms with Crippen molar-refractivity contribution in [1.29, 1.82) is 0 Å². The van der Waals surface area contributed by atoms with E-state index in [0.717, 1.165) is 5.69 Å². The molecule has 0 fully saturated rings. The van der Waals surface area contributed by atoms with Gasteiger partial charge in [0.2, 0.25) is 0 Å². The minimum Gasteiger partial charge on any atom is -0.486 e. The second-order valence-electron chi connectivity index (χ2n) is 5.91. The first-order valence-corrected chi connectivity index (χ1v) is 8.74. The number of nitrogens with one attached hydrogen (secondary N) is 2. The van der Waals surface area contributed by atoms with Gasteiger partial charge < -0.3 is 20.1 Å². The summed E-state index contributed by atoms with van der Waals surface area (Å²) in [6.07, 6.45) is 3.16. The van der Waals surface area contributed by atoms with Crippen molar-refractivity contribution < 1.29 is 14.3 Å². The van der Waals surface area contributed by atoms with Crippen molar-refractivity contribution in [2.75, 3.05) is 23.8 Å². The topological polar surface area (TPSA) is 72.5 Å². The van der Waals surface area contributed by atoms with Gasteiger partial charge in [-0.2, -0.15) is 0 Å². The van der Waals surface area contributed by atoms with Crippen molar-refractivity contribution in [3.63, 3.8) is 0 Å². The van der Waals surface area contributed by atoms with Crippen LogP contribution in [0.3, 0.4) is 0 Å². The fraction of sp³-hybridized carbons (Fsp3) is 0.100. The van der Waals surface area contributed by atoms with Gasteiger partial charge in [-0.25, -0.2) is 0 Å². The van der Waals surface area contributed by atoms with E-state index in [1.807, 2.05) is 12.1 Å². The van der Waals surface area contributed by atoms with Gasteiger partial charge >= 0.3 is 0 Å². The predicted molar refractivity (Wildman–Crippen MR) is 104 cm³/mol. The highest BCUT2D eigenvalue weighted by molar-refractivity contribution is 6.30. The molecule has 0 saturated heterocycles. The Morgan fingerprint density at radius 3 is 2.44 bits per heavy atom. The lowest BCUT2D eigenvalue weighted by Gasteiger charge is -2.19. The van der Waals surface area contributed by atoms with Crippen LogP contribution >= 0.6 is 11.6 Å². The van der Waals surface area contributed by atoms with E-state index in [1.165, 1.54) is 6.20 Å². The van der Waals surface area contributed by atoms with Crippen LogP contribution < -0.4 is 20.1 Å². The number of nitrogens with zero attached hydrogens (tertiary/aromatic N) is 1. The number of rotatable bonds is 4.